The van der Waals surface area contributed by atoms with Crippen LogP contribution in [0.5, 0.6) is 0 Å². The van der Waals surface area contributed by atoms with E-state index in [4.69, 9.17) is 0 Å². The Bertz CT molecular complexity index is 529. The normalized spacial score (nSPS) is 22.6. The van der Waals surface area contributed by atoms with Crippen LogP contribution in [0.25, 0.3) is 0 Å². The summed E-state index contributed by atoms with van der Waals surface area (Å²) in [5.74, 6) is -1.15. The first-order valence-corrected chi connectivity index (χ1v) is 7.01. The van der Waals surface area contributed by atoms with Gasteiger partial charge < -0.3 is 10.0 Å². The fourth-order valence-corrected chi connectivity index (χ4v) is 2.93. The molecular formula is C14H16BrNO3. The summed E-state index contributed by atoms with van der Waals surface area (Å²) < 4.78 is 0.701. The number of carbonyl (C=O) groups excluding carboxylic acids is 1. The second kappa shape index (κ2) is 5.33. The van der Waals surface area contributed by atoms with Crippen LogP contribution in [-0.4, -0.2) is 34.5 Å². The van der Waals surface area contributed by atoms with E-state index in [1.165, 1.54) is 4.90 Å². The number of hydrogen-bond acceptors (Lipinski definition) is 2. The van der Waals surface area contributed by atoms with Gasteiger partial charge in [0.25, 0.3) is 5.91 Å². The van der Waals surface area contributed by atoms with Crippen molar-refractivity contribution in [2.24, 2.45) is 5.92 Å². The lowest BCUT2D eigenvalue weighted by Gasteiger charge is -2.24. The molecule has 2 atom stereocenters. The lowest BCUT2D eigenvalue weighted by atomic mass is 10.0. The number of carboxylic acid groups (broad SMARTS) is 1. The number of carboxylic acids is 1. The molecule has 2 rings (SSSR count). The molecule has 1 heterocycles. The molecule has 1 aliphatic rings. The molecule has 0 spiro atoms. The SMILES string of the molecule is Cc1ccc(Br)c(C(=O)N2CCC(C)C2C(=O)O)c1. The monoisotopic (exact) mass is 325 g/mol. The fraction of sp³-hybridized carbons (Fsp3) is 0.429. The third-order valence-corrected chi connectivity index (χ3v) is 4.26. The van der Waals surface area contributed by atoms with Crippen LogP contribution in [0, 0.1) is 12.8 Å². The Hall–Kier alpha value is -1.36. The van der Waals surface area contributed by atoms with Gasteiger partial charge in [0, 0.05) is 11.0 Å². The minimum Gasteiger partial charge on any atom is -0.480 e. The highest BCUT2D eigenvalue weighted by atomic mass is 79.9. The number of halogens is 1. The van der Waals surface area contributed by atoms with Crippen molar-refractivity contribution in [3.63, 3.8) is 0 Å². The Morgan fingerprint density at radius 2 is 2.11 bits per heavy atom. The molecule has 1 aromatic carbocycles. The van der Waals surface area contributed by atoms with Gasteiger partial charge in [0.2, 0.25) is 0 Å². The van der Waals surface area contributed by atoms with E-state index in [-0.39, 0.29) is 11.8 Å². The van der Waals surface area contributed by atoms with Crippen LogP contribution in [0.15, 0.2) is 22.7 Å². The zero-order valence-corrected chi connectivity index (χ0v) is 12.5. The molecule has 0 aliphatic carbocycles. The molecule has 102 valence electrons. The van der Waals surface area contributed by atoms with Crippen molar-refractivity contribution in [3.05, 3.63) is 33.8 Å². The van der Waals surface area contributed by atoms with Gasteiger partial charge >= 0.3 is 5.97 Å². The van der Waals surface area contributed by atoms with Gasteiger partial charge in [0.15, 0.2) is 0 Å². The molecule has 2 unspecified atom stereocenters. The first-order valence-electron chi connectivity index (χ1n) is 6.21. The number of aliphatic carboxylic acids is 1. The molecule has 0 radical (unpaired) electrons. The zero-order chi connectivity index (χ0) is 14.2. The Morgan fingerprint density at radius 1 is 1.42 bits per heavy atom. The van der Waals surface area contributed by atoms with E-state index in [1.54, 1.807) is 6.07 Å². The Labute approximate surface area is 120 Å². The standard InChI is InChI=1S/C14H16BrNO3/c1-8-3-4-11(15)10(7-8)13(17)16-6-5-9(2)12(16)14(18)19/h3-4,7,9,12H,5-6H2,1-2H3,(H,18,19). The summed E-state index contributed by atoms with van der Waals surface area (Å²) in [6, 6.07) is 4.79. The third kappa shape index (κ3) is 2.66. The number of nitrogens with zero attached hydrogens (tertiary/aromatic N) is 1. The van der Waals surface area contributed by atoms with Crippen LogP contribution in [0.2, 0.25) is 0 Å². The van der Waals surface area contributed by atoms with E-state index in [1.807, 2.05) is 26.0 Å². The number of amides is 1. The number of hydrogen-bond donors (Lipinski definition) is 1. The summed E-state index contributed by atoms with van der Waals surface area (Å²) in [7, 11) is 0. The zero-order valence-electron chi connectivity index (χ0n) is 10.9. The maximum Gasteiger partial charge on any atom is 0.326 e. The first kappa shape index (κ1) is 14.1. The van der Waals surface area contributed by atoms with Crippen molar-refractivity contribution in [1.29, 1.82) is 0 Å². The molecule has 0 aromatic heterocycles. The lowest BCUT2D eigenvalue weighted by molar-refractivity contribution is -0.142. The van der Waals surface area contributed by atoms with Crippen molar-refractivity contribution in [2.75, 3.05) is 6.54 Å². The fourth-order valence-electron chi connectivity index (χ4n) is 2.51. The summed E-state index contributed by atoms with van der Waals surface area (Å²) in [4.78, 5) is 25.3. The van der Waals surface area contributed by atoms with Crippen LogP contribution in [0.4, 0.5) is 0 Å². The van der Waals surface area contributed by atoms with Gasteiger partial charge in [-0.1, -0.05) is 18.6 Å². The van der Waals surface area contributed by atoms with E-state index >= 15 is 0 Å². The predicted molar refractivity (Wildman–Crippen MR) is 75.1 cm³/mol. The topological polar surface area (TPSA) is 57.6 Å². The molecule has 0 saturated carbocycles. The van der Waals surface area contributed by atoms with Gasteiger partial charge in [0.1, 0.15) is 6.04 Å². The van der Waals surface area contributed by atoms with Gasteiger partial charge in [0.05, 0.1) is 5.56 Å². The van der Waals surface area contributed by atoms with Gasteiger partial charge in [-0.05, 0) is 47.3 Å². The number of likely N-dealkylation sites (tertiary alicyclic amines) is 1. The van der Waals surface area contributed by atoms with Crippen molar-refractivity contribution < 1.29 is 14.7 Å². The summed E-state index contributed by atoms with van der Waals surface area (Å²) >= 11 is 3.36. The Balaban J connectivity index is 2.33. The molecule has 19 heavy (non-hydrogen) atoms. The van der Waals surface area contributed by atoms with E-state index in [2.05, 4.69) is 15.9 Å². The number of benzene rings is 1. The van der Waals surface area contributed by atoms with E-state index in [9.17, 15) is 14.7 Å². The van der Waals surface area contributed by atoms with E-state index in [0.29, 0.717) is 16.6 Å². The van der Waals surface area contributed by atoms with Crippen LogP contribution in [-0.2, 0) is 4.79 Å². The van der Waals surface area contributed by atoms with Gasteiger partial charge in [-0.15, -0.1) is 0 Å². The molecule has 0 bridgehead atoms. The molecule has 4 nitrogen and oxygen atoms in total. The van der Waals surface area contributed by atoms with E-state index in [0.717, 1.165) is 12.0 Å². The summed E-state index contributed by atoms with van der Waals surface area (Å²) in [6.07, 6.45) is 0.728. The second-order valence-corrected chi connectivity index (χ2v) is 5.89. The quantitative estimate of drug-likeness (QED) is 0.909. The molecule has 1 N–H and O–H groups in total. The largest absolute Gasteiger partial charge is 0.480 e. The number of aryl methyl sites for hydroxylation is 1. The predicted octanol–water partition coefficient (Wildman–Crippen LogP) is 2.69. The highest BCUT2D eigenvalue weighted by molar-refractivity contribution is 9.10. The van der Waals surface area contributed by atoms with Gasteiger partial charge in [-0.25, -0.2) is 4.79 Å². The average Bonchev–Trinajstić information content (AvgIpc) is 2.73. The molecular weight excluding hydrogens is 310 g/mol. The average molecular weight is 326 g/mol. The van der Waals surface area contributed by atoms with Crippen molar-refractivity contribution in [2.45, 2.75) is 26.3 Å². The van der Waals surface area contributed by atoms with Gasteiger partial charge in [-0.3, -0.25) is 4.79 Å². The summed E-state index contributed by atoms with van der Waals surface area (Å²) in [5, 5.41) is 9.27. The summed E-state index contributed by atoms with van der Waals surface area (Å²) in [6.45, 7) is 4.28. The smallest absolute Gasteiger partial charge is 0.326 e. The molecule has 1 amide bonds. The number of carbonyl (C=O) groups is 2. The second-order valence-electron chi connectivity index (χ2n) is 5.03. The highest BCUT2D eigenvalue weighted by Crippen LogP contribution is 2.28. The van der Waals surface area contributed by atoms with Crippen LogP contribution >= 0.6 is 15.9 Å². The van der Waals surface area contributed by atoms with Crippen molar-refractivity contribution in [3.8, 4) is 0 Å². The van der Waals surface area contributed by atoms with Crippen LogP contribution in [0.3, 0.4) is 0 Å². The maximum absolute atomic E-state index is 12.5. The number of rotatable bonds is 2. The lowest BCUT2D eigenvalue weighted by Crippen LogP contribution is -2.42. The summed E-state index contributed by atoms with van der Waals surface area (Å²) in [5.41, 5.74) is 1.51. The molecule has 1 saturated heterocycles. The van der Waals surface area contributed by atoms with E-state index < -0.39 is 12.0 Å². The van der Waals surface area contributed by atoms with Crippen molar-refractivity contribution in [1.82, 2.24) is 4.90 Å². The van der Waals surface area contributed by atoms with Crippen LogP contribution in [0.1, 0.15) is 29.3 Å². The minimum atomic E-state index is -0.929. The highest BCUT2D eigenvalue weighted by Gasteiger charge is 2.40. The van der Waals surface area contributed by atoms with Gasteiger partial charge in [-0.2, -0.15) is 0 Å². The Morgan fingerprint density at radius 3 is 2.74 bits per heavy atom. The molecule has 1 fully saturated rings. The molecule has 1 aromatic rings. The third-order valence-electron chi connectivity index (χ3n) is 3.57. The molecule has 1 aliphatic heterocycles. The Kier molecular flexibility index (Phi) is 3.94. The van der Waals surface area contributed by atoms with Crippen LogP contribution < -0.4 is 0 Å². The maximum atomic E-state index is 12.5. The van der Waals surface area contributed by atoms with Crippen molar-refractivity contribution >= 4 is 27.8 Å². The molecule has 5 heteroatoms. The minimum absolute atomic E-state index is 0.00923. The first-order chi connectivity index (χ1) is 8.91.